The Morgan fingerprint density at radius 1 is 1.71 bits per heavy atom. The second-order valence-electron chi connectivity index (χ2n) is 3.58. The number of amides is 2. The topological polar surface area (TPSA) is 65.5 Å². The summed E-state index contributed by atoms with van der Waals surface area (Å²) in [6.07, 6.45) is 4.92. The Morgan fingerprint density at radius 3 is 3.06 bits per heavy atom. The van der Waals surface area contributed by atoms with E-state index in [1.54, 1.807) is 24.5 Å². The van der Waals surface area contributed by atoms with E-state index in [0.29, 0.717) is 6.54 Å². The van der Waals surface area contributed by atoms with Crippen LogP contribution >= 0.6 is 0 Å². The van der Waals surface area contributed by atoms with Gasteiger partial charge < -0.3 is 15.3 Å². The first-order valence-electron chi connectivity index (χ1n) is 5.37. The maximum atomic E-state index is 11.9. The predicted molar refractivity (Wildman–Crippen MR) is 66.8 cm³/mol. The van der Waals surface area contributed by atoms with E-state index in [4.69, 9.17) is 5.11 Å². The van der Waals surface area contributed by atoms with Crippen LogP contribution in [-0.4, -0.2) is 40.7 Å². The van der Waals surface area contributed by atoms with Gasteiger partial charge in [-0.15, -0.1) is 6.58 Å². The van der Waals surface area contributed by atoms with Crippen molar-refractivity contribution in [3.05, 3.63) is 36.7 Å². The summed E-state index contributed by atoms with van der Waals surface area (Å²) in [5, 5.41) is 11.6. The summed E-state index contributed by atoms with van der Waals surface area (Å²) in [6, 6.07) is 1.48. The molecule has 1 rings (SSSR count). The van der Waals surface area contributed by atoms with Gasteiger partial charge in [0.1, 0.15) is 0 Å². The smallest absolute Gasteiger partial charge is 0.322 e. The highest BCUT2D eigenvalue weighted by Gasteiger charge is 2.12. The number of aliphatic hydroxyl groups excluding tert-OH is 1. The van der Waals surface area contributed by atoms with Crippen LogP contribution in [0, 0.1) is 6.92 Å². The van der Waals surface area contributed by atoms with Crippen LogP contribution < -0.4 is 5.32 Å². The van der Waals surface area contributed by atoms with Crippen LogP contribution in [0.15, 0.2) is 31.1 Å². The number of aliphatic hydroxyl groups is 1. The van der Waals surface area contributed by atoms with Crippen molar-refractivity contribution in [3.8, 4) is 0 Å². The molecule has 0 aliphatic heterocycles. The Hall–Kier alpha value is -1.88. The average Bonchev–Trinajstić information content (AvgIpc) is 2.32. The van der Waals surface area contributed by atoms with Crippen LogP contribution in [0.2, 0.25) is 0 Å². The van der Waals surface area contributed by atoms with Crippen molar-refractivity contribution in [2.75, 3.05) is 25.0 Å². The lowest BCUT2D eigenvalue weighted by molar-refractivity contribution is 0.195. The fourth-order valence-electron chi connectivity index (χ4n) is 1.36. The number of hydrogen-bond donors (Lipinski definition) is 2. The van der Waals surface area contributed by atoms with Crippen LogP contribution in [0.1, 0.15) is 5.56 Å². The van der Waals surface area contributed by atoms with Crippen molar-refractivity contribution in [3.63, 3.8) is 0 Å². The van der Waals surface area contributed by atoms with Crippen molar-refractivity contribution >= 4 is 11.7 Å². The van der Waals surface area contributed by atoms with Gasteiger partial charge in [-0.25, -0.2) is 4.79 Å². The predicted octanol–water partition coefficient (Wildman–Crippen LogP) is 1.40. The van der Waals surface area contributed by atoms with Crippen molar-refractivity contribution in [2.45, 2.75) is 6.92 Å². The Labute approximate surface area is 101 Å². The van der Waals surface area contributed by atoms with E-state index in [2.05, 4.69) is 16.9 Å². The number of aryl methyl sites for hydroxylation is 1. The summed E-state index contributed by atoms with van der Waals surface area (Å²) in [5.74, 6) is 0. The molecule has 1 heterocycles. The molecule has 0 radical (unpaired) electrons. The molecule has 0 aliphatic rings. The number of carbonyl (C=O) groups is 1. The molecule has 0 aromatic carbocycles. The van der Waals surface area contributed by atoms with E-state index in [1.807, 2.05) is 6.92 Å². The minimum Gasteiger partial charge on any atom is -0.395 e. The Bertz CT molecular complexity index is 393. The molecular formula is C12H17N3O2. The molecule has 0 atom stereocenters. The first kappa shape index (κ1) is 13.2. The quantitative estimate of drug-likeness (QED) is 0.758. The maximum absolute atomic E-state index is 11.9. The standard InChI is InChI=1S/C12H17N3O2/c1-3-6-15(7-8-16)12(17)14-11-4-5-13-9-10(11)2/h3-5,9,16H,1,6-8H2,2H3,(H,13,14,17). The first-order valence-corrected chi connectivity index (χ1v) is 5.37. The summed E-state index contributed by atoms with van der Waals surface area (Å²) in [7, 11) is 0. The maximum Gasteiger partial charge on any atom is 0.322 e. The van der Waals surface area contributed by atoms with E-state index in [0.717, 1.165) is 11.3 Å². The zero-order chi connectivity index (χ0) is 12.7. The normalized spacial score (nSPS) is 9.76. The van der Waals surface area contributed by atoms with Gasteiger partial charge in [-0.05, 0) is 18.6 Å². The van der Waals surface area contributed by atoms with E-state index in [9.17, 15) is 4.79 Å². The van der Waals surface area contributed by atoms with Crippen molar-refractivity contribution < 1.29 is 9.90 Å². The number of urea groups is 1. The number of pyridine rings is 1. The first-order chi connectivity index (χ1) is 8.19. The molecule has 0 spiro atoms. The highest BCUT2D eigenvalue weighted by atomic mass is 16.3. The van der Waals surface area contributed by atoms with Gasteiger partial charge >= 0.3 is 6.03 Å². The SMILES string of the molecule is C=CCN(CCO)C(=O)Nc1ccncc1C. The van der Waals surface area contributed by atoms with E-state index >= 15 is 0 Å². The van der Waals surface area contributed by atoms with Gasteiger partial charge in [0.15, 0.2) is 0 Å². The van der Waals surface area contributed by atoms with Crippen LogP contribution in [-0.2, 0) is 0 Å². The second-order valence-corrected chi connectivity index (χ2v) is 3.58. The fourth-order valence-corrected chi connectivity index (χ4v) is 1.36. The molecule has 1 aromatic heterocycles. The third-order valence-electron chi connectivity index (χ3n) is 2.27. The van der Waals surface area contributed by atoms with E-state index in [1.165, 1.54) is 4.90 Å². The Kier molecular flexibility index (Phi) is 5.16. The van der Waals surface area contributed by atoms with Crippen molar-refractivity contribution in [1.29, 1.82) is 0 Å². The lowest BCUT2D eigenvalue weighted by Gasteiger charge is -2.20. The van der Waals surface area contributed by atoms with Crippen molar-refractivity contribution in [2.24, 2.45) is 0 Å². The molecule has 0 saturated carbocycles. The molecule has 17 heavy (non-hydrogen) atoms. The number of nitrogens with one attached hydrogen (secondary N) is 1. The zero-order valence-electron chi connectivity index (χ0n) is 9.89. The molecule has 0 aliphatic carbocycles. The van der Waals surface area contributed by atoms with Gasteiger partial charge in [0.2, 0.25) is 0 Å². The zero-order valence-corrected chi connectivity index (χ0v) is 9.89. The van der Waals surface area contributed by atoms with Gasteiger partial charge in [-0.2, -0.15) is 0 Å². The van der Waals surface area contributed by atoms with Gasteiger partial charge in [-0.3, -0.25) is 4.98 Å². The molecule has 0 bridgehead atoms. The molecule has 5 nitrogen and oxygen atoms in total. The molecule has 92 valence electrons. The molecule has 2 N–H and O–H groups in total. The number of anilines is 1. The summed E-state index contributed by atoms with van der Waals surface area (Å²) in [6.45, 7) is 6.05. The molecule has 0 unspecified atom stereocenters. The molecular weight excluding hydrogens is 218 g/mol. The number of hydrogen-bond acceptors (Lipinski definition) is 3. The van der Waals surface area contributed by atoms with Gasteiger partial charge in [0, 0.05) is 31.2 Å². The summed E-state index contributed by atoms with van der Waals surface area (Å²) in [5.41, 5.74) is 1.61. The molecule has 0 saturated heterocycles. The largest absolute Gasteiger partial charge is 0.395 e. The van der Waals surface area contributed by atoms with E-state index in [-0.39, 0.29) is 19.2 Å². The Morgan fingerprint density at radius 2 is 2.47 bits per heavy atom. The molecule has 2 amide bonds. The monoisotopic (exact) mass is 235 g/mol. The third-order valence-corrected chi connectivity index (χ3v) is 2.27. The molecule has 5 heteroatoms. The van der Waals surface area contributed by atoms with Gasteiger partial charge in [0.25, 0.3) is 0 Å². The third kappa shape index (κ3) is 3.88. The fraction of sp³-hybridized carbons (Fsp3) is 0.333. The van der Waals surface area contributed by atoms with Crippen LogP contribution in [0.5, 0.6) is 0 Å². The molecule has 0 fully saturated rings. The van der Waals surface area contributed by atoms with Crippen LogP contribution in [0.4, 0.5) is 10.5 Å². The number of carbonyl (C=O) groups excluding carboxylic acids is 1. The van der Waals surface area contributed by atoms with E-state index < -0.39 is 0 Å². The molecule has 1 aromatic rings. The summed E-state index contributed by atoms with van der Waals surface area (Å²) >= 11 is 0. The number of aromatic nitrogens is 1. The number of nitrogens with zero attached hydrogens (tertiary/aromatic N) is 2. The van der Waals surface area contributed by atoms with Gasteiger partial charge in [0.05, 0.1) is 6.61 Å². The van der Waals surface area contributed by atoms with Crippen LogP contribution in [0.25, 0.3) is 0 Å². The highest BCUT2D eigenvalue weighted by Crippen LogP contribution is 2.12. The second kappa shape index (κ2) is 6.65. The minimum atomic E-state index is -0.256. The average molecular weight is 235 g/mol. The highest BCUT2D eigenvalue weighted by molar-refractivity contribution is 5.90. The summed E-state index contributed by atoms with van der Waals surface area (Å²) in [4.78, 5) is 17.3. The lowest BCUT2D eigenvalue weighted by atomic mass is 10.2. The lowest BCUT2D eigenvalue weighted by Crippen LogP contribution is -2.37. The van der Waals surface area contributed by atoms with Crippen LogP contribution in [0.3, 0.4) is 0 Å². The Balaban J connectivity index is 2.69. The van der Waals surface area contributed by atoms with Gasteiger partial charge in [-0.1, -0.05) is 6.08 Å². The van der Waals surface area contributed by atoms with Crippen molar-refractivity contribution in [1.82, 2.24) is 9.88 Å². The summed E-state index contributed by atoms with van der Waals surface area (Å²) < 4.78 is 0. The minimum absolute atomic E-state index is 0.0728. The number of rotatable bonds is 5.